The zero-order valence-electron chi connectivity index (χ0n) is 10.6. The van der Waals surface area contributed by atoms with Crippen LogP contribution in [0.15, 0.2) is 12.1 Å². The van der Waals surface area contributed by atoms with E-state index in [4.69, 9.17) is 10.00 Å². The molecule has 0 spiro atoms. The normalized spacial score (nSPS) is 16.8. The summed E-state index contributed by atoms with van der Waals surface area (Å²) in [5.74, 6) is -0.996. The van der Waals surface area contributed by atoms with Crippen LogP contribution in [0, 0.1) is 11.3 Å². The van der Waals surface area contributed by atoms with Crippen LogP contribution in [0.3, 0.4) is 0 Å². The molecule has 0 bridgehead atoms. The van der Waals surface area contributed by atoms with Crippen molar-refractivity contribution in [2.45, 2.75) is 31.1 Å². The number of phenols is 1. The molecule has 1 fully saturated rings. The molecule has 0 saturated heterocycles. The monoisotopic (exact) mass is 261 g/mol. The molecule has 2 rings (SSSR count). The third-order valence-corrected chi connectivity index (χ3v) is 3.81. The molecule has 100 valence electrons. The summed E-state index contributed by atoms with van der Waals surface area (Å²) >= 11 is 0. The number of phenolic OH excluding ortho intramolecular Hbond substituents is 1. The summed E-state index contributed by atoms with van der Waals surface area (Å²) in [5, 5.41) is 28.7. The number of benzene rings is 1. The molecule has 19 heavy (non-hydrogen) atoms. The van der Waals surface area contributed by atoms with E-state index < -0.39 is 11.4 Å². The minimum absolute atomic E-state index is 0.140. The second kappa shape index (κ2) is 4.81. The van der Waals surface area contributed by atoms with E-state index in [1.807, 2.05) is 6.07 Å². The molecule has 0 aliphatic heterocycles. The van der Waals surface area contributed by atoms with Gasteiger partial charge in [0.05, 0.1) is 24.2 Å². The molecule has 0 aromatic heterocycles. The minimum Gasteiger partial charge on any atom is -0.504 e. The summed E-state index contributed by atoms with van der Waals surface area (Å²) in [7, 11) is 1.38. The summed E-state index contributed by atoms with van der Waals surface area (Å²) < 4.78 is 5.02. The first kappa shape index (κ1) is 13.2. The fourth-order valence-electron chi connectivity index (χ4n) is 2.77. The lowest BCUT2D eigenvalue weighted by Gasteiger charge is -2.26. The quantitative estimate of drug-likeness (QED) is 0.870. The number of carboxylic acid groups (broad SMARTS) is 1. The number of aliphatic carboxylic acids is 1. The van der Waals surface area contributed by atoms with Gasteiger partial charge in [-0.1, -0.05) is 12.8 Å². The van der Waals surface area contributed by atoms with Gasteiger partial charge in [-0.3, -0.25) is 4.79 Å². The van der Waals surface area contributed by atoms with Crippen molar-refractivity contribution in [2.24, 2.45) is 0 Å². The Morgan fingerprint density at radius 2 is 2.05 bits per heavy atom. The fraction of sp³-hybridized carbons (Fsp3) is 0.429. The molecule has 2 N–H and O–H groups in total. The molecule has 1 saturated carbocycles. The molecular formula is C14H15NO4. The first-order chi connectivity index (χ1) is 9.05. The van der Waals surface area contributed by atoms with E-state index in [2.05, 4.69) is 0 Å². The third kappa shape index (κ3) is 1.99. The number of methoxy groups -OCH3 is 1. The van der Waals surface area contributed by atoms with E-state index in [1.54, 1.807) is 0 Å². The number of carboxylic acids is 1. The molecule has 0 radical (unpaired) electrons. The highest BCUT2D eigenvalue weighted by molar-refractivity contribution is 5.83. The van der Waals surface area contributed by atoms with Crippen molar-refractivity contribution in [3.05, 3.63) is 23.3 Å². The largest absolute Gasteiger partial charge is 0.504 e. The molecular weight excluding hydrogens is 246 g/mol. The van der Waals surface area contributed by atoms with Crippen LogP contribution in [-0.4, -0.2) is 23.3 Å². The van der Waals surface area contributed by atoms with Gasteiger partial charge >= 0.3 is 5.97 Å². The average Bonchev–Trinajstić information content (AvgIpc) is 2.89. The van der Waals surface area contributed by atoms with Crippen LogP contribution >= 0.6 is 0 Å². The number of aromatic hydroxyl groups is 1. The molecule has 5 heteroatoms. The van der Waals surface area contributed by atoms with Crippen LogP contribution in [0.5, 0.6) is 11.5 Å². The second-order valence-electron chi connectivity index (χ2n) is 4.78. The molecule has 1 aliphatic carbocycles. The van der Waals surface area contributed by atoms with Crippen LogP contribution in [0.4, 0.5) is 0 Å². The summed E-state index contributed by atoms with van der Waals surface area (Å²) in [6.45, 7) is 0. The highest BCUT2D eigenvalue weighted by Crippen LogP contribution is 2.47. The van der Waals surface area contributed by atoms with Gasteiger partial charge in [-0.2, -0.15) is 5.26 Å². The standard InChI is InChI=1S/C14H15NO4/c1-19-11-7-9(8-15)6-10(12(11)16)14(13(17)18)4-2-3-5-14/h6-7,16H,2-5H2,1H3,(H,17,18). The highest BCUT2D eigenvalue weighted by atomic mass is 16.5. The maximum absolute atomic E-state index is 11.6. The number of rotatable bonds is 3. The van der Waals surface area contributed by atoms with Crippen molar-refractivity contribution >= 4 is 5.97 Å². The Morgan fingerprint density at radius 1 is 1.42 bits per heavy atom. The minimum atomic E-state index is -1.11. The smallest absolute Gasteiger partial charge is 0.314 e. The molecule has 0 amide bonds. The van der Waals surface area contributed by atoms with Crippen LogP contribution < -0.4 is 4.74 Å². The van der Waals surface area contributed by atoms with Crippen molar-refractivity contribution < 1.29 is 19.7 Å². The second-order valence-corrected chi connectivity index (χ2v) is 4.78. The van der Waals surface area contributed by atoms with Crippen molar-refractivity contribution in [3.8, 4) is 17.6 Å². The lowest BCUT2D eigenvalue weighted by atomic mass is 9.77. The number of nitrogens with zero attached hydrogens (tertiary/aromatic N) is 1. The number of nitriles is 1. The number of carbonyl (C=O) groups is 1. The maximum atomic E-state index is 11.6. The van der Waals surface area contributed by atoms with Gasteiger partial charge in [-0.25, -0.2) is 0 Å². The van der Waals surface area contributed by atoms with Crippen molar-refractivity contribution in [2.75, 3.05) is 7.11 Å². The van der Waals surface area contributed by atoms with E-state index in [0.29, 0.717) is 12.8 Å². The Hall–Kier alpha value is -2.22. The zero-order valence-corrected chi connectivity index (χ0v) is 10.6. The van der Waals surface area contributed by atoms with Gasteiger partial charge in [0, 0.05) is 11.6 Å². The molecule has 1 aromatic rings. The predicted molar refractivity (Wildman–Crippen MR) is 67.2 cm³/mol. The number of hydrogen-bond acceptors (Lipinski definition) is 4. The summed E-state index contributed by atoms with van der Waals surface area (Å²) in [5.41, 5.74) is -0.532. The Bertz CT molecular complexity index is 553. The van der Waals surface area contributed by atoms with Gasteiger partial charge in [-0.15, -0.1) is 0 Å². The summed E-state index contributed by atoms with van der Waals surface area (Å²) in [4.78, 5) is 11.6. The Balaban J connectivity index is 2.67. The van der Waals surface area contributed by atoms with Crippen LogP contribution in [-0.2, 0) is 10.2 Å². The third-order valence-electron chi connectivity index (χ3n) is 3.81. The van der Waals surface area contributed by atoms with Crippen LogP contribution in [0.2, 0.25) is 0 Å². The lowest BCUT2D eigenvalue weighted by Crippen LogP contribution is -2.32. The molecule has 1 aliphatic rings. The van der Waals surface area contributed by atoms with Gasteiger partial charge in [0.1, 0.15) is 0 Å². The lowest BCUT2D eigenvalue weighted by molar-refractivity contribution is -0.143. The Morgan fingerprint density at radius 3 is 2.53 bits per heavy atom. The van der Waals surface area contributed by atoms with E-state index in [1.165, 1.54) is 19.2 Å². The van der Waals surface area contributed by atoms with E-state index in [-0.39, 0.29) is 22.6 Å². The van der Waals surface area contributed by atoms with Gasteiger partial charge in [0.15, 0.2) is 11.5 Å². The molecule has 0 unspecified atom stereocenters. The van der Waals surface area contributed by atoms with E-state index in [9.17, 15) is 15.0 Å². The average molecular weight is 261 g/mol. The SMILES string of the molecule is COc1cc(C#N)cc(C2(C(=O)O)CCCC2)c1O. The maximum Gasteiger partial charge on any atom is 0.314 e. The summed E-state index contributed by atoms with van der Waals surface area (Å²) in [6, 6.07) is 4.83. The Labute approximate surface area is 111 Å². The van der Waals surface area contributed by atoms with Crippen molar-refractivity contribution in [1.82, 2.24) is 0 Å². The van der Waals surface area contributed by atoms with Crippen molar-refractivity contribution in [3.63, 3.8) is 0 Å². The fourth-order valence-corrected chi connectivity index (χ4v) is 2.77. The molecule has 1 aromatic carbocycles. The number of ether oxygens (including phenoxy) is 1. The van der Waals surface area contributed by atoms with Gasteiger partial charge in [-0.05, 0) is 18.9 Å². The first-order valence-electron chi connectivity index (χ1n) is 6.10. The predicted octanol–water partition coefficient (Wildman–Crippen LogP) is 2.17. The van der Waals surface area contributed by atoms with Crippen molar-refractivity contribution in [1.29, 1.82) is 5.26 Å². The van der Waals surface area contributed by atoms with E-state index in [0.717, 1.165) is 12.8 Å². The first-order valence-corrected chi connectivity index (χ1v) is 6.10. The van der Waals surface area contributed by atoms with Gasteiger partial charge < -0.3 is 14.9 Å². The number of hydrogen-bond donors (Lipinski definition) is 2. The van der Waals surface area contributed by atoms with Gasteiger partial charge in [0.25, 0.3) is 0 Å². The molecule has 5 nitrogen and oxygen atoms in total. The van der Waals surface area contributed by atoms with Crippen LogP contribution in [0.25, 0.3) is 0 Å². The summed E-state index contributed by atoms with van der Waals surface area (Å²) in [6.07, 6.45) is 2.53. The van der Waals surface area contributed by atoms with Crippen LogP contribution in [0.1, 0.15) is 36.8 Å². The molecule has 0 heterocycles. The zero-order chi connectivity index (χ0) is 14.0. The Kier molecular flexibility index (Phi) is 3.34. The molecule has 0 atom stereocenters. The topological polar surface area (TPSA) is 90.5 Å². The highest BCUT2D eigenvalue weighted by Gasteiger charge is 2.45. The van der Waals surface area contributed by atoms with E-state index >= 15 is 0 Å². The van der Waals surface area contributed by atoms with Gasteiger partial charge in [0.2, 0.25) is 0 Å².